The fourth-order valence-electron chi connectivity index (χ4n) is 0.777. The molecule has 0 aliphatic carbocycles. The minimum atomic E-state index is -0.713. The molecule has 0 fully saturated rings. The Morgan fingerprint density at radius 2 is 2.00 bits per heavy atom. The van der Waals surface area contributed by atoms with E-state index >= 15 is 0 Å². The van der Waals surface area contributed by atoms with Gasteiger partial charge < -0.3 is 5.21 Å². The average molecular weight is 226 g/mol. The SMILES string of the molecule is ONC(Cl)c1ccc(Cl)cc1Cl. The van der Waals surface area contributed by atoms with Crippen LogP contribution < -0.4 is 5.48 Å². The maximum Gasteiger partial charge on any atom is 0.132 e. The van der Waals surface area contributed by atoms with E-state index in [0.717, 1.165) is 0 Å². The van der Waals surface area contributed by atoms with E-state index in [1.165, 1.54) is 0 Å². The quantitative estimate of drug-likeness (QED) is 0.461. The van der Waals surface area contributed by atoms with E-state index in [-0.39, 0.29) is 0 Å². The molecule has 0 spiro atoms. The molecule has 0 aliphatic heterocycles. The van der Waals surface area contributed by atoms with Crippen molar-refractivity contribution in [2.45, 2.75) is 5.50 Å². The molecule has 12 heavy (non-hydrogen) atoms. The van der Waals surface area contributed by atoms with Gasteiger partial charge in [-0.25, -0.2) is 0 Å². The van der Waals surface area contributed by atoms with Gasteiger partial charge in [0.2, 0.25) is 0 Å². The third kappa shape index (κ3) is 2.25. The van der Waals surface area contributed by atoms with Crippen molar-refractivity contribution < 1.29 is 5.21 Å². The van der Waals surface area contributed by atoms with Crippen molar-refractivity contribution in [3.8, 4) is 0 Å². The number of nitrogens with one attached hydrogen (secondary N) is 1. The Balaban J connectivity index is 3.01. The molecule has 2 N–H and O–H groups in total. The highest BCUT2D eigenvalue weighted by Gasteiger charge is 2.09. The third-order valence-electron chi connectivity index (χ3n) is 1.35. The Bertz CT molecular complexity index is 279. The van der Waals surface area contributed by atoms with E-state index in [0.29, 0.717) is 15.6 Å². The molecule has 0 bridgehead atoms. The van der Waals surface area contributed by atoms with Crippen LogP contribution in [0.25, 0.3) is 0 Å². The first-order valence-corrected chi connectivity index (χ1v) is 4.33. The molecule has 0 saturated heterocycles. The molecule has 0 saturated carbocycles. The summed E-state index contributed by atoms with van der Waals surface area (Å²) in [5.41, 5.74) is 1.75. The van der Waals surface area contributed by atoms with Crippen molar-refractivity contribution in [1.29, 1.82) is 0 Å². The Morgan fingerprint density at radius 3 is 2.50 bits per heavy atom. The van der Waals surface area contributed by atoms with Gasteiger partial charge in [0, 0.05) is 15.6 Å². The van der Waals surface area contributed by atoms with Gasteiger partial charge in [0.1, 0.15) is 5.50 Å². The first-order valence-electron chi connectivity index (χ1n) is 3.14. The lowest BCUT2D eigenvalue weighted by Gasteiger charge is -2.08. The third-order valence-corrected chi connectivity index (χ3v) is 2.24. The van der Waals surface area contributed by atoms with Crippen LogP contribution >= 0.6 is 34.8 Å². The Hall–Kier alpha value is 0.01000. The second-order valence-electron chi connectivity index (χ2n) is 2.16. The van der Waals surface area contributed by atoms with Gasteiger partial charge >= 0.3 is 0 Å². The van der Waals surface area contributed by atoms with Gasteiger partial charge in [-0.3, -0.25) is 0 Å². The summed E-state index contributed by atoms with van der Waals surface area (Å²) in [7, 11) is 0. The monoisotopic (exact) mass is 225 g/mol. The summed E-state index contributed by atoms with van der Waals surface area (Å²) in [6, 6.07) is 4.85. The van der Waals surface area contributed by atoms with Crippen molar-refractivity contribution in [2.75, 3.05) is 0 Å². The van der Waals surface area contributed by atoms with E-state index < -0.39 is 5.50 Å². The van der Waals surface area contributed by atoms with E-state index in [9.17, 15) is 0 Å². The largest absolute Gasteiger partial charge is 0.315 e. The predicted octanol–water partition coefficient (Wildman–Crippen LogP) is 3.21. The van der Waals surface area contributed by atoms with Crippen LogP contribution in [-0.4, -0.2) is 5.21 Å². The van der Waals surface area contributed by atoms with Crippen molar-refractivity contribution in [2.24, 2.45) is 0 Å². The molecule has 0 aromatic heterocycles. The van der Waals surface area contributed by atoms with Gasteiger partial charge in [-0.2, -0.15) is 5.48 Å². The first-order chi connectivity index (χ1) is 5.65. The zero-order chi connectivity index (χ0) is 9.14. The Labute approximate surface area is 85.0 Å². The van der Waals surface area contributed by atoms with Gasteiger partial charge in [0.15, 0.2) is 0 Å². The molecule has 0 radical (unpaired) electrons. The summed E-state index contributed by atoms with van der Waals surface area (Å²) in [6.07, 6.45) is 0. The highest BCUT2D eigenvalue weighted by atomic mass is 35.5. The van der Waals surface area contributed by atoms with Gasteiger partial charge in [0.05, 0.1) is 0 Å². The molecule has 1 atom stereocenters. The summed E-state index contributed by atoms with van der Waals surface area (Å²) in [6.45, 7) is 0. The van der Waals surface area contributed by atoms with E-state index in [1.54, 1.807) is 18.2 Å². The highest BCUT2D eigenvalue weighted by Crippen LogP contribution is 2.27. The topological polar surface area (TPSA) is 32.3 Å². The molecule has 0 heterocycles. The smallest absolute Gasteiger partial charge is 0.132 e. The van der Waals surface area contributed by atoms with Crippen LogP contribution in [0.2, 0.25) is 10.0 Å². The average Bonchev–Trinajstić information content (AvgIpc) is 2.03. The molecule has 66 valence electrons. The summed E-state index contributed by atoms with van der Waals surface area (Å²) < 4.78 is 0. The minimum Gasteiger partial charge on any atom is -0.315 e. The maximum atomic E-state index is 8.51. The van der Waals surface area contributed by atoms with Crippen LogP contribution in [-0.2, 0) is 0 Å². The number of halogens is 3. The van der Waals surface area contributed by atoms with Crippen LogP contribution in [0.5, 0.6) is 0 Å². The molecule has 1 aromatic carbocycles. The predicted molar refractivity (Wildman–Crippen MR) is 50.0 cm³/mol. The number of hydrogen-bond donors (Lipinski definition) is 2. The van der Waals surface area contributed by atoms with Crippen LogP contribution in [0.15, 0.2) is 18.2 Å². The van der Waals surface area contributed by atoms with Crippen molar-refractivity contribution in [1.82, 2.24) is 5.48 Å². The molecule has 0 amide bonds. The van der Waals surface area contributed by atoms with Crippen molar-refractivity contribution >= 4 is 34.8 Å². The van der Waals surface area contributed by atoms with E-state index in [4.69, 9.17) is 40.0 Å². The summed E-state index contributed by atoms with van der Waals surface area (Å²) >= 11 is 17.1. The number of alkyl halides is 1. The second kappa shape index (κ2) is 4.30. The van der Waals surface area contributed by atoms with Crippen LogP contribution in [0, 0.1) is 0 Å². The van der Waals surface area contributed by atoms with Gasteiger partial charge in [-0.05, 0) is 12.1 Å². The number of rotatable bonds is 2. The molecule has 1 rings (SSSR count). The van der Waals surface area contributed by atoms with Gasteiger partial charge in [-0.1, -0.05) is 40.9 Å². The first kappa shape index (κ1) is 10.1. The van der Waals surface area contributed by atoms with Crippen LogP contribution in [0.1, 0.15) is 11.1 Å². The lowest BCUT2D eigenvalue weighted by atomic mass is 10.2. The molecule has 2 nitrogen and oxygen atoms in total. The maximum absolute atomic E-state index is 8.51. The van der Waals surface area contributed by atoms with E-state index in [1.807, 2.05) is 5.48 Å². The molecule has 5 heteroatoms. The van der Waals surface area contributed by atoms with E-state index in [2.05, 4.69) is 0 Å². The van der Waals surface area contributed by atoms with Crippen LogP contribution in [0.3, 0.4) is 0 Å². The molecule has 0 aliphatic rings. The molecular weight excluding hydrogens is 220 g/mol. The summed E-state index contributed by atoms with van der Waals surface area (Å²) in [4.78, 5) is 0. The van der Waals surface area contributed by atoms with Gasteiger partial charge in [-0.15, -0.1) is 0 Å². The fraction of sp³-hybridized carbons (Fsp3) is 0.143. The summed E-state index contributed by atoms with van der Waals surface area (Å²) in [5, 5.41) is 9.46. The standard InChI is InChI=1S/C7H6Cl3NO/c8-4-1-2-5(6(9)3-4)7(10)11-12/h1-3,7,11-12H. The van der Waals surface area contributed by atoms with Crippen LogP contribution in [0.4, 0.5) is 0 Å². The number of hydrogen-bond acceptors (Lipinski definition) is 2. The lowest BCUT2D eigenvalue weighted by molar-refractivity contribution is 0.155. The van der Waals surface area contributed by atoms with Crippen molar-refractivity contribution in [3.63, 3.8) is 0 Å². The lowest BCUT2D eigenvalue weighted by Crippen LogP contribution is -2.11. The minimum absolute atomic E-state index is 0.420. The highest BCUT2D eigenvalue weighted by molar-refractivity contribution is 6.35. The summed E-state index contributed by atoms with van der Waals surface area (Å²) in [5.74, 6) is 0. The molecule has 1 aromatic rings. The fourth-order valence-corrected chi connectivity index (χ4v) is 1.54. The normalized spacial score (nSPS) is 13.0. The Morgan fingerprint density at radius 1 is 1.33 bits per heavy atom. The van der Waals surface area contributed by atoms with Crippen molar-refractivity contribution in [3.05, 3.63) is 33.8 Å². The second-order valence-corrected chi connectivity index (χ2v) is 3.44. The number of hydroxylamine groups is 1. The van der Waals surface area contributed by atoms with Gasteiger partial charge in [0.25, 0.3) is 0 Å². The molecule has 1 unspecified atom stereocenters. The zero-order valence-corrected chi connectivity index (χ0v) is 8.16. The zero-order valence-electron chi connectivity index (χ0n) is 5.89. The molecular formula is C7H6Cl3NO. The Kier molecular flexibility index (Phi) is 3.62. The number of benzene rings is 1.